The predicted octanol–water partition coefficient (Wildman–Crippen LogP) is 0.374. The largest absolute Gasteiger partial charge is 0.386 e. The zero-order valence-electron chi connectivity index (χ0n) is 12.0. The van der Waals surface area contributed by atoms with E-state index in [2.05, 4.69) is 5.32 Å². The predicted molar refractivity (Wildman–Crippen MR) is 72.8 cm³/mol. The van der Waals surface area contributed by atoms with Crippen LogP contribution in [0.2, 0.25) is 0 Å². The lowest BCUT2D eigenvalue weighted by Gasteiger charge is -2.49. The van der Waals surface area contributed by atoms with Crippen molar-refractivity contribution in [3.05, 3.63) is 0 Å². The molecule has 2 heterocycles. The lowest BCUT2D eigenvalue weighted by molar-refractivity contribution is -0.165. The standard InChI is InChI=1S/C14H26N2O3/c1-11(2)14(18)9-16(10-14)13(17)5-8-19-12-3-6-15-7-4-12/h11-12,15,18H,3-10H2,1-2H3. The van der Waals surface area contributed by atoms with Crippen LogP contribution in [0.1, 0.15) is 33.1 Å². The third kappa shape index (κ3) is 3.68. The first-order chi connectivity index (χ1) is 9.01. The Morgan fingerprint density at radius 1 is 1.42 bits per heavy atom. The van der Waals surface area contributed by atoms with Gasteiger partial charge in [-0.1, -0.05) is 13.8 Å². The highest BCUT2D eigenvalue weighted by molar-refractivity contribution is 5.77. The van der Waals surface area contributed by atoms with Crippen LogP contribution in [0.5, 0.6) is 0 Å². The molecule has 0 saturated carbocycles. The van der Waals surface area contributed by atoms with Crippen molar-refractivity contribution in [2.45, 2.75) is 44.8 Å². The van der Waals surface area contributed by atoms with Crippen LogP contribution in [0, 0.1) is 5.92 Å². The summed E-state index contributed by atoms with van der Waals surface area (Å²) in [6.07, 6.45) is 2.80. The number of rotatable bonds is 5. The third-order valence-electron chi connectivity index (χ3n) is 4.31. The molecule has 0 unspecified atom stereocenters. The van der Waals surface area contributed by atoms with Crippen molar-refractivity contribution in [3.63, 3.8) is 0 Å². The first kappa shape index (κ1) is 14.8. The third-order valence-corrected chi connectivity index (χ3v) is 4.31. The first-order valence-corrected chi connectivity index (χ1v) is 7.34. The van der Waals surface area contributed by atoms with Crippen LogP contribution in [0.15, 0.2) is 0 Å². The molecule has 2 rings (SSSR count). The molecule has 2 aliphatic heterocycles. The summed E-state index contributed by atoms with van der Waals surface area (Å²) in [5.41, 5.74) is -0.675. The summed E-state index contributed by atoms with van der Waals surface area (Å²) in [4.78, 5) is 13.6. The van der Waals surface area contributed by atoms with Crippen molar-refractivity contribution in [2.24, 2.45) is 5.92 Å². The Labute approximate surface area is 115 Å². The monoisotopic (exact) mass is 270 g/mol. The Kier molecular flexibility index (Phi) is 4.81. The van der Waals surface area contributed by atoms with Gasteiger partial charge in [-0.15, -0.1) is 0 Å². The Morgan fingerprint density at radius 2 is 2.05 bits per heavy atom. The molecule has 19 heavy (non-hydrogen) atoms. The smallest absolute Gasteiger partial charge is 0.225 e. The number of hydrogen-bond acceptors (Lipinski definition) is 4. The molecule has 0 aliphatic carbocycles. The number of hydrogen-bond donors (Lipinski definition) is 2. The average Bonchev–Trinajstić information content (AvgIpc) is 2.35. The molecule has 2 N–H and O–H groups in total. The van der Waals surface area contributed by atoms with E-state index in [9.17, 15) is 9.90 Å². The minimum Gasteiger partial charge on any atom is -0.386 e. The lowest BCUT2D eigenvalue weighted by Crippen LogP contribution is -2.66. The number of nitrogens with zero attached hydrogens (tertiary/aromatic N) is 1. The van der Waals surface area contributed by atoms with Crippen molar-refractivity contribution >= 4 is 5.91 Å². The topological polar surface area (TPSA) is 61.8 Å². The van der Waals surface area contributed by atoms with E-state index in [0.717, 1.165) is 25.9 Å². The Bertz CT molecular complexity index is 308. The summed E-state index contributed by atoms with van der Waals surface area (Å²) >= 11 is 0. The number of piperidine rings is 1. The van der Waals surface area contributed by atoms with Gasteiger partial charge in [-0.25, -0.2) is 0 Å². The number of carbonyl (C=O) groups excluding carboxylic acids is 1. The Balaban J connectivity index is 1.61. The second kappa shape index (κ2) is 6.20. The molecule has 2 aliphatic rings. The van der Waals surface area contributed by atoms with E-state index in [-0.39, 0.29) is 11.8 Å². The molecule has 0 aromatic carbocycles. The van der Waals surface area contributed by atoms with E-state index in [1.54, 1.807) is 4.90 Å². The summed E-state index contributed by atoms with van der Waals surface area (Å²) < 4.78 is 5.72. The van der Waals surface area contributed by atoms with Crippen molar-refractivity contribution in [1.29, 1.82) is 0 Å². The van der Waals surface area contributed by atoms with Gasteiger partial charge in [0.2, 0.25) is 5.91 Å². The Hall–Kier alpha value is -0.650. The zero-order chi connectivity index (χ0) is 13.9. The molecule has 2 fully saturated rings. The number of carbonyl (C=O) groups is 1. The molecule has 5 nitrogen and oxygen atoms in total. The highest BCUT2D eigenvalue weighted by atomic mass is 16.5. The van der Waals surface area contributed by atoms with Crippen LogP contribution in [0.3, 0.4) is 0 Å². The van der Waals surface area contributed by atoms with E-state index in [1.165, 1.54) is 0 Å². The fourth-order valence-corrected chi connectivity index (χ4v) is 2.59. The van der Waals surface area contributed by atoms with Crippen molar-refractivity contribution in [2.75, 3.05) is 32.8 Å². The van der Waals surface area contributed by atoms with Gasteiger partial charge in [-0.2, -0.15) is 0 Å². The molecule has 0 aromatic heterocycles. The second-order valence-electron chi connectivity index (χ2n) is 6.08. The average molecular weight is 270 g/mol. The summed E-state index contributed by atoms with van der Waals surface area (Å²) in [7, 11) is 0. The maximum Gasteiger partial charge on any atom is 0.225 e. The number of ether oxygens (including phenoxy) is 1. The minimum absolute atomic E-state index is 0.0965. The van der Waals surface area contributed by atoms with Gasteiger partial charge in [0.25, 0.3) is 0 Å². The van der Waals surface area contributed by atoms with Crippen LogP contribution >= 0.6 is 0 Å². The van der Waals surface area contributed by atoms with Gasteiger partial charge in [0.1, 0.15) is 5.60 Å². The van der Waals surface area contributed by atoms with Crippen LogP contribution in [-0.4, -0.2) is 60.4 Å². The molecular weight excluding hydrogens is 244 g/mol. The molecule has 0 spiro atoms. The maximum atomic E-state index is 11.9. The second-order valence-corrected chi connectivity index (χ2v) is 6.08. The molecule has 0 radical (unpaired) electrons. The van der Waals surface area contributed by atoms with Gasteiger partial charge in [0.15, 0.2) is 0 Å². The SMILES string of the molecule is CC(C)C1(O)CN(C(=O)CCOC2CCNCC2)C1. The Morgan fingerprint density at radius 3 is 2.63 bits per heavy atom. The van der Waals surface area contributed by atoms with Crippen molar-refractivity contribution in [1.82, 2.24) is 10.2 Å². The molecule has 110 valence electrons. The van der Waals surface area contributed by atoms with Gasteiger partial charge in [-0.3, -0.25) is 4.79 Å². The first-order valence-electron chi connectivity index (χ1n) is 7.34. The number of amides is 1. The van der Waals surface area contributed by atoms with E-state index in [0.29, 0.717) is 32.2 Å². The number of likely N-dealkylation sites (tertiary alicyclic amines) is 1. The normalized spacial score (nSPS) is 23.5. The van der Waals surface area contributed by atoms with Crippen LogP contribution in [0.25, 0.3) is 0 Å². The fraction of sp³-hybridized carbons (Fsp3) is 0.929. The lowest BCUT2D eigenvalue weighted by atomic mass is 9.83. The highest BCUT2D eigenvalue weighted by Gasteiger charge is 2.45. The van der Waals surface area contributed by atoms with Gasteiger partial charge in [-0.05, 0) is 31.8 Å². The van der Waals surface area contributed by atoms with Gasteiger partial charge < -0.3 is 20.1 Å². The zero-order valence-corrected chi connectivity index (χ0v) is 12.0. The van der Waals surface area contributed by atoms with Gasteiger partial charge in [0.05, 0.1) is 32.2 Å². The molecule has 2 saturated heterocycles. The van der Waals surface area contributed by atoms with Gasteiger partial charge >= 0.3 is 0 Å². The summed E-state index contributed by atoms with van der Waals surface area (Å²) in [5.74, 6) is 0.293. The number of nitrogens with one attached hydrogen (secondary N) is 1. The van der Waals surface area contributed by atoms with E-state index >= 15 is 0 Å². The van der Waals surface area contributed by atoms with Crippen LogP contribution in [0.4, 0.5) is 0 Å². The molecule has 5 heteroatoms. The molecular formula is C14H26N2O3. The van der Waals surface area contributed by atoms with Crippen molar-refractivity contribution in [3.8, 4) is 0 Å². The molecule has 0 atom stereocenters. The molecule has 1 amide bonds. The summed E-state index contributed by atoms with van der Waals surface area (Å²) in [6, 6.07) is 0. The van der Waals surface area contributed by atoms with Gasteiger partial charge in [0, 0.05) is 0 Å². The van der Waals surface area contributed by atoms with Crippen molar-refractivity contribution < 1.29 is 14.6 Å². The van der Waals surface area contributed by atoms with E-state index in [1.807, 2.05) is 13.8 Å². The fourth-order valence-electron chi connectivity index (χ4n) is 2.59. The van der Waals surface area contributed by atoms with E-state index in [4.69, 9.17) is 4.74 Å². The molecule has 0 aromatic rings. The molecule has 0 bridgehead atoms. The van der Waals surface area contributed by atoms with Crippen LogP contribution < -0.4 is 5.32 Å². The number of aliphatic hydroxyl groups is 1. The number of β-amino-alcohol motifs (C(OH)–C–C–N with tert-alkyl or cyclic N) is 1. The quantitative estimate of drug-likeness (QED) is 0.758. The maximum absolute atomic E-state index is 11.9. The summed E-state index contributed by atoms with van der Waals surface area (Å²) in [6.45, 7) is 7.43. The summed E-state index contributed by atoms with van der Waals surface area (Å²) in [5, 5.41) is 13.4. The van der Waals surface area contributed by atoms with Crippen LogP contribution in [-0.2, 0) is 9.53 Å². The minimum atomic E-state index is -0.675. The highest BCUT2D eigenvalue weighted by Crippen LogP contribution is 2.28. The van der Waals surface area contributed by atoms with E-state index < -0.39 is 5.60 Å².